The summed E-state index contributed by atoms with van der Waals surface area (Å²) in [7, 11) is 0. The molecule has 1 heterocycles. The topological polar surface area (TPSA) is 86.0 Å². The molecular weight excluding hydrogens is 356 g/mol. The van der Waals surface area contributed by atoms with Crippen LogP contribution in [0.4, 0.5) is 0 Å². The highest BCUT2D eigenvalue weighted by Gasteiger charge is 2.20. The van der Waals surface area contributed by atoms with E-state index in [9.17, 15) is 14.4 Å². The summed E-state index contributed by atoms with van der Waals surface area (Å²) in [6, 6.07) is 16.3. The van der Waals surface area contributed by atoms with Gasteiger partial charge >= 0.3 is 5.69 Å². The molecule has 0 aliphatic rings. The molecule has 0 radical (unpaired) electrons. The maximum absolute atomic E-state index is 13.0. The minimum atomic E-state index is -0.702. The zero-order chi connectivity index (χ0) is 20.1. The molecule has 3 rings (SSSR count). The third kappa shape index (κ3) is 4.09. The molecule has 0 saturated carbocycles. The Morgan fingerprint density at radius 3 is 2.50 bits per heavy atom. The lowest BCUT2D eigenvalue weighted by molar-refractivity contribution is 0.0944. The van der Waals surface area contributed by atoms with E-state index in [-0.39, 0.29) is 12.2 Å². The van der Waals surface area contributed by atoms with Gasteiger partial charge in [0.1, 0.15) is 0 Å². The number of aryl methyl sites for hydroxylation is 1. The van der Waals surface area contributed by atoms with Crippen molar-refractivity contribution in [2.75, 3.05) is 6.54 Å². The lowest BCUT2D eigenvalue weighted by Crippen LogP contribution is -2.46. The fraction of sp³-hybridized carbons (Fsp3) is 0.238. The fourth-order valence-corrected chi connectivity index (χ4v) is 2.85. The second-order valence-electron chi connectivity index (χ2n) is 6.51. The monoisotopic (exact) mass is 378 g/mol. The highest BCUT2D eigenvalue weighted by Crippen LogP contribution is 2.06. The Morgan fingerprint density at radius 1 is 1.07 bits per heavy atom. The van der Waals surface area contributed by atoms with Gasteiger partial charge in [0.05, 0.1) is 12.2 Å². The Kier molecular flexibility index (Phi) is 5.84. The fourth-order valence-electron chi connectivity index (χ4n) is 2.85. The standard InChI is InChI=1S/C21H22N4O3/c1-3-12-22-19(26)18-20(27)24(14-16-9-7-8-15(2)13-16)21(28)25(23-18)17-10-5-4-6-11-17/h4-11,13H,3,12,14H2,1-2H3,(H,22,26). The van der Waals surface area contributed by atoms with Gasteiger partial charge in [-0.05, 0) is 31.0 Å². The van der Waals surface area contributed by atoms with E-state index < -0.39 is 17.2 Å². The van der Waals surface area contributed by atoms with E-state index in [0.29, 0.717) is 12.2 Å². The molecule has 0 spiro atoms. The number of benzene rings is 2. The van der Waals surface area contributed by atoms with Gasteiger partial charge in [-0.25, -0.2) is 4.79 Å². The molecule has 28 heavy (non-hydrogen) atoms. The van der Waals surface area contributed by atoms with Gasteiger partial charge in [0, 0.05) is 6.54 Å². The molecule has 144 valence electrons. The number of carbonyl (C=O) groups excluding carboxylic acids is 1. The van der Waals surface area contributed by atoms with Crippen LogP contribution < -0.4 is 16.6 Å². The van der Waals surface area contributed by atoms with Crippen molar-refractivity contribution in [2.24, 2.45) is 0 Å². The summed E-state index contributed by atoms with van der Waals surface area (Å²) in [5, 5.41) is 6.73. The summed E-state index contributed by atoms with van der Waals surface area (Å²) in [5.41, 5.74) is 0.699. The van der Waals surface area contributed by atoms with Crippen LogP contribution in [-0.4, -0.2) is 26.8 Å². The van der Waals surface area contributed by atoms with Gasteiger partial charge in [0.15, 0.2) is 0 Å². The lowest BCUT2D eigenvalue weighted by atomic mass is 10.1. The van der Waals surface area contributed by atoms with E-state index >= 15 is 0 Å². The zero-order valence-corrected chi connectivity index (χ0v) is 15.9. The molecule has 7 nitrogen and oxygen atoms in total. The third-order valence-electron chi connectivity index (χ3n) is 4.23. The molecule has 1 aromatic heterocycles. The lowest BCUT2D eigenvalue weighted by Gasteiger charge is -2.12. The second-order valence-corrected chi connectivity index (χ2v) is 6.51. The summed E-state index contributed by atoms with van der Waals surface area (Å²) in [6.45, 7) is 4.32. The maximum atomic E-state index is 13.0. The maximum Gasteiger partial charge on any atom is 0.352 e. The molecule has 1 amide bonds. The van der Waals surface area contributed by atoms with E-state index in [4.69, 9.17) is 0 Å². The predicted molar refractivity (Wildman–Crippen MR) is 107 cm³/mol. The van der Waals surface area contributed by atoms with Crippen molar-refractivity contribution in [3.8, 4) is 5.69 Å². The summed E-state index contributed by atoms with van der Waals surface area (Å²) in [4.78, 5) is 38.4. The summed E-state index contributed by atoms with van der Waals surface area (Å²) in [5.74, 6) is -0.588. The van der Waals surface area contributed by atoms with Crippen LogP contribution in [0.15, 0.2) is 64.2 Å². The largest absolute Gasteiger partial charge is 0.352 e. The van der Waals surface area contributed by atoms with Crippen LogP contribution >= 0.6 is 0 Å². The number of rotatable bonds is 6. The number of para-hydroxylation sites is 1. The van der Waals surface area contributed by atoms with E-state index in [1.165, 1.54) is 0 Å². The molecule has 3 aromatic rings. The average molecular weight is 378 g/mol. The normalized spacial score (nSPS) is 10.6. The van der Waals surface area contributed by atoms with Gasteiger partial charge in [-0.3, -0.25) is 14.2 Å². The first-order chi connectivity index (χ1) is 13.5. The molecule has 0 atom stereocenters. The average Bonchev–Trinajstić information content (AvgIpc) is 2.70. The smallest absolute Gasteiger partial charge is 0.350 e. The number of nitrogens with one attached hydrogen (secondary N) is 1. The van der Waals surface area contributed by atoms with E-state index in [2.05, 4.69) is 10.4 Å². The third-order valence-corrected chi connectivity index (χ3v) is 4.23. The zero-order valence-electron chi connectivity index (χ0n) is 15.9. The Labute approximate surface area is 162 Å². The molecule has 0 saturated heterocycles. The molecular formula is C21H22N4O3. The molecule has 7 heteroatoms. The Hall–Kier alpha value is -3.48. The highest BCUT2D eigenvalue weighted by molar-refractivity contribution is 5.91. The Balaban J connectivity index is 2.17. The molecule has 2 aromatic carbocycles. The first-order valence-electron chi connectivity index (χ1n) is 9.14. The predicted octanol–water partition coefficient (Wildman–Crippen LogP) is 1.89. The summed E-state index contributed by atoms with van der Waals surface area (Å²) < 4.78 is 2.15. The molecule has 0 unspecified atom stereocenters. The van der Waals surface area contributed by atoms with Crippen LogP contribution in [0, 0.1) is 6.92 Å². The van der Waals surface area contributed by atoms with Crippen molar-refractivity contribution in [1.29, 1.82) is 0 Å². The van der Waals surface area contributed by atoms with Gasteiger partial charge < -0.3 is 5.32 Å². The molecule has 0 fully saturated rings. The highest BCUT2D eigenvalue weighted by atomic mass is 16.2. The van der Waals surface area contributed by atoms with Crippen LogP contribution in [0.3, 0.4) is 0 Å². The summed E-state index contributed by atoms with van der Waals surface area (Å²) in [6.07, 6.45) is 0.724. The van der Waals surface area contributed by atoms with Crippen LogP contribution in [0.2, 0.25) is 0 Å². The number of hydrogen-bond donors (Lipinski definition) is 1. The quantitative estimate of drug-likeness (QED) is 0.710. The minimum absolute atomic E-state index is 0.0583. The number of nitrogens with zero attached hydrogens (tertiary/aromatic N) is 3. The first-order valence-corrected chi connectivity index (χ1v) is 9.14. The van der Waals surface area contributed by atoms with E-state index in [1.807, 2.05) is 44.2 Å². The van der Waals surface area contributed by atoms with Crippen LogP contribution in [0.1, 0.15) is 35.0 Å². The van der Waals surface area contributed by atoms with Crippen molar-refractivity contribution in [3.05, 3.63) is 92.3 Å². The van der Waals surface area contributed by atoms with Crippen molar-refractivity contribution in [2.45, 2.75) is 26.8 Å². The van der Waals surface area contributed by atoms with Gasteiger partial charge in [0.25, 0.3) is 11.5 Å². The van der Waals surface area contributed by atoms with Gasteiger partial charge in [-0.2, -0.15) is 9.78 Å². The molecule has 0 aliphatic heterocycles. The molecule has 1 N–H and O–H groups in total. The second kappa shape index (κ2) is 8.47. The van der Waals surface area contributed by atoms with Crippen LogP contribution in [-0.2, 0) is 6.54 Å². The SMILES string of the molecule is CCCNC(=O)c1nn(-c2ccccc2)c(=O)n(Cc2cccc(C)c2)c1=O. The number of hydrogen-bond acceptors (Lipinski definition) is 4. The van der Waals surface area contributed by atoms with Crippen LogP contribution in [0.5, 0.6) is 0 Å². The van der Waals surface area contributed by atoms with Crippen LogP contribution in [0.25, 0.3) is 5.69 Å². The van der Waals surface area contributed by atoms with Crippen molar-refractivity contribution >= 4 is 5.91 Å². The van der Waals surface area contributed by atoms with Gasteiger partial charge in [-0.1, -0.05) is 55.0 Å². The number of carbonyl (C=O) groups is 1. The van der Waals surface area contributed by atoms with Crippen molar-refractivity contribution < 1.29 is 4.79 Å². The van der Waals surface area contributed by atoms with Crippen molar-refractivity contribution in [3.63, 3.8) is 0 Å². The van der Waals surface area contributed by atoms with E-state index in [1.54, 1.807) is 24.3 Å². The van der Waals surface area contributed by atoms with Gasteiger partial charge in [-0.15, -0.1) is 0 Å². The molecule has 0 bridgehead atoms. The van der Waals surface area contributed by atoms with E-state index in [0.717, 1.165) is 26.8 Å². The number of aromatic nitrogens is 3. The van der Waals surface area contributed by atoms with Crippen molar-refractivity contribution in [1.82, 2.24) is 19.7 Å². The Morgan fingerprint density at radius 2 is 1.82 bits per heavy atom. The summed E-state index contributed by atoms with van der Waals surface area (Å²) >= 11 is 0. The molecule has 0 aliphatic carbocycles. The van der Waals surface area contributed by atoms with Gasteiger partial charge in [0.2, 0.25) is 5.69 Å². The Bertz CT molecular complexity index is 1100. The minimum Gasteiger partial charge on any atom is -0.350 e. The number of amides is 1. The first kappa shape index (κ1) is 19.3.